The number of hydrogen-bond acceptors (Lipinski definition) is 1. The molecule has 1 aromatic heterocycles. The van der Waals surface area contributed by atoms with Gasteiger partial charge in [-0.05, 0) is 12.1 Å². The monoisotopic (exact) mass is 220 g/mol. The molecule has 3 N–H and O–H groups in total. The molecule has 1 rings (SSSR count). The SMILES string of the molecule is C=C/C=C\c1[nH]c(N)cc1C=C.CC.CC. The van der Waals surface area contributed by atoms with E-state index >= 15 is 0 Å². The lowest BCUT2D eigenvalue weighted by Crippen LogP contribution is -1.81. The van der Waals surface area contributed by atoms with Gasteiger partial charge in [-0.3, -0.25) is 0 Å². The maximum Gasteiger partial charge on any atom is 0.101 e. The standard InChI is InChI=1S/C10H12N2.2C2H6/c1-3-5-6-9-8(4-2)7-10(11)12-9;2*1-2/h3-7,12H,1-2,11H2;2*1-2H3/b6-5-;;. The highest BCUT2D eigenvalue weighted by Crippen LogP contribution is 2.14. The fourth-order valence-electron chi connectivity index (χ4n) is 0.980. The Bertz CT molecular complexity index is 319. The van der Waals surface area contributed by atoms with E-state index in [-0.39, 0.29) is 0 Å². The van der Waals surface area contributed by atoms with Gasteiger partial charge in [0.15, 0.2) is 0 Å². The molecule has 0 radical (unpaired) electrons. The topological polar surface area (TPSA) is 41.8 Å². The van der Waals surface area contributed by atoms with Crippen molar-refractivity contribution in [3.63, 3.8) is 0 Å². The van der Waals surface area contributed by atoms with E-state index in [9.17, 15) is 0 Å². The van der Waals surface area contributed by atoms with Gasteiger partial charge in [0, 0.05) is 11.3 Å². The van der Waals surface area contributed by atoms with Crippen LogP contribution in [-0.2, 0) is 0 Å². The normalized spacial score (nSPS) is 8.50. The van der Waals surface area contributed by atoms with Crippen molar-refractivity contribution in [1.29, 1.82) is 0 Å². The minimum absolute atomic E-state index is 0.647. The van der Waals surface area contributed by atoms with Gasteiger partial charge in [-0.15, -0.1) is 0 Å². The van der Waals surface area contributed by atoms with E-state index in [4.69, 9.17) is 5.73 Å². The molecule has 2 nitrogen and oxygen atoms in total. The summed E-state index contributed by atoms with van der Waals surface area (Å²) < 4.78 is 0. The highest BCUT2D eigenvalue weighted by atomic mass is 14.8. The third kappa shape index (κ3) is 5.91. The molecule has 0 amide bonds. The first-order valence-corrected chi connectivity index (χ1v) is 5.68. The number of allylic oxidation sites excluding steroid dienone is 2. The zero-order valence-electron chi connectivity index (χ0n) is 10.9. The van der Waals surface area contributed by atoms with Gasteiger partial charge in [0.2, 0.25) is 0 Å². The molecule has 0 saturated carbocycles. The molecule has 0 atom stereocenters. The summed E-state index contributed by atoms with van der Waals surface area (Å²) in [7, 11) is 0. The highest BCUT2D eigenvalue weighted by Gasteiger charge is 1.98. The molecule has 1 aromatic rings. The summed E-state index contributed by atoms with van der Waals surface area (Å²) in [5, 5.41) is 0. The number of nitrogen functional groups attached to an aromatic ring is 1. The Morgan fingerprint density at radius 3 is 2.19 bits per heavy atom. The van der Waals surface area contributed by atoms with Crippen LogP contribution in [0.3, 0.4) is 0 Å². The van der Waals surface area contributed by atoms with Gasteiger partial charge in [-0.1, -0.05) is 59.1 Å². The number of rotatable bonds is 3. The molecule has 0 bridgehead atoms. The lowest BCUT2D eigenvalue weighted by molar-refractivity contribution is 1.38. The summed E-state index contributed by atoms with van der Waals surface area (Å²) in [5.41, 5.74) is 7.53. The van der Waals surface area contributed by atoms with E-state index in [0.717, 1.165) is 11.3 Å². The first-order valence-electron chi connectivity index (χ1n) is 5.68. The molecule has 2 heteroatoms. The Morgan fingerprint density at radius 2 is 1.75 bits per heavy atom. The van der Waals surface area contributed by atoms with Crippen molar-refractivity contribution >= 4 is 18.0 Å². The van der Waals surface area contributed by atoms with Crippen LogP contribution in [-0.4, -0.2) is 4.98 Å². The van der Waals surface area contributed by atoms with Gasteiger partial charge in [-0.2, -0.15) is 0 Å². The smallest absolute Gasteiger partial charge is 0.101 e. The first kappa shape index (κ1) is 16.7. The third-order valence-electron chi connectivity index (χ3n) is 1.52. The predicted molar refractivity (Wildman–Crippen MR) is 77.2 cm³/mol. The molecule has 0 unspecified atom stereocenters. The van der Waals surface area contributed by atoms with Crippen LogP contribution in [0.2, 0.25) is 0 Å². The lowest BCUT2D eigenvalue weighted by atomic mass is 10.2. The van der Waals surface area contributed by atoms with Crippen LogP contribution in [0.25, 0.3) is 12.2 Å². The molecule has 0 saturated heterocycles. The highest BCUT2D eigenvalue weighted by molar-refractivity contribution is 5.66. The Hall–Kier alpha value is -1.70. The van der Waals surface area contributed by atoms with Gasteiger partial charge in [0.05, 0.1) is 0 Å². The number of aromatic amines is 1. The molecule has 90 valence electrons. The van der Waals surface area contributed by atoms with Gasteiger partial charge >= 0.3 is 0 Å². The predicted octanol–water partition coefficient (Wildman–Crippen LogP) is 4.49. The summed E-state index contributed by atoms with van der Waals surface area (Å²) in [6.45, 7) is 15.3. The summed E-state index contributed by atoms with van der Waals surface area (Å²) >= 11 is 0. The summed E-state index contributed by atoms with van der Waals surface area (Å²) in [6, 6.07) is 1.84. The molecule has 0 spiro atoms. The second-order valence-corrected chi connectivity index (χ2v) is 2.39. The van der Waals surface area contributed by atoms with Crippen LogP contribution in [0.15, 0.2) is 31.4 Å². The fraction of sp³-hybridized carbons (Fsp3) is 0.286. The first-order chi connectivity index (χ1) is 7.77. The number of H-pyrrole nitrogens is 1. The van der Waals surface area contributed by atoms with E-state index < -0.39 is 0 Å². The van der Waals surface area contributed by atoms with E-state index in [1.54, 1.807) is 12.2 Å². The van der Waals surface area contributed by atoms with Crippen molar-refractivity contribution in [3.8, 4) is 0 Å². The Balaban J connectivity index is 0. The molecule has 0 aromatic carbocycles. The molecule has 0 aliphatic carbocycles. The summed E-state index contributed by atoms with van der Waals surface area (Å²) in [4.78, 5) is 3.00. The fourth-order valence-corrected chi connectivity index (χ4v) is 0.980. The average molecular weight is 220 g/mol. The molecule has 0 aliphatic heterocycles. The minimum atomic E-state index is 0.647. The lowest BCUT2D eigenvalue weighted by Gasteiger charge is -1.88. The molecule has 0 aliphatic rings. The molecule has 1 heterocycles. The van der Waals surface area contributed by atoms with Crippen molar-refractivity contribution in [2.45, 2.75) is 27.7 Å². The maximum absolute atomic E-state index is 5.56. The quantitative estimate of drug-likeness (QED) is 0.724. The zero-order valence-corrected chi connectivity index (χ0v) is 10.9. The van der Waals surface area contributed by atoms with E-state index in [2.05, 4.69) is 18.1 Å². The second kappa shape index (κ2) is 11.4. The summed E-state index contributed by atoms with van der Waals surface area (Å²) in [6.07, 6.45) is 7.22. The number of hydrogen-bond donors (Lipinski definition) is 2. The minimum Gasteiger partial charge on any atom is -0.385 e. The van der Waals surface area contributed by atoms with Crippen LogP contribution in [0, 0.1) is 0 Å². The van der Waals surface area contributed by atoms with Crippen molar-refractivity contribution in [3.05, 3.63) is 42.6 Å². The van der Waals surface area contributed by atoms with E-state index in [0.29, 0.717) is 5.82 Å². The van der Waals surface area contributed by atoms with Crippen LogP contribution in [0.4, 0.5) is 5.82 Å². The molecular weight excluding hydrogens is 196 g/mol. The molecule has 16 heavy (non-hydrogen) atoms. The van der Waals surface area contributed by atoms with Crippen LogP contribution in [0.5, 0.6) is 0 Å². The largest absolute Gasteiger partial charge is 0.385 e. The van der Waals surface area contributed by atoms with Crippen molar-refractivity contribution in [2.24, 2.45) is 0 Å². The van der Waals surface area contributed by atoms with Gasteiger partial charge < -0.3 is 10.7 Å². The van der Waals surface area contributed by atoms with E-state index in [1.807, 2.05) is 45.9 Å². The van der Waals surface area contributed by atoms with E-state index in [1.165, 1.54) is 0 Å². The second-order valence-electron chi connectivity index (χ2n) is 2.39. The average Bonchev–Trinajstić information content (AvgIpc) is 2.72. The molecule has 0 fully saturated rings. The summed E-state index contributed by atoms with van der Waals surface area (Å²) in [5.74, 6) is 0.647. The van der Waals surface area contributed by atoms with Gasteiger partial charge in [0.25, 0.3) is 0 Å². The van der Waals surface area contributed by atoms with Gasteiger partial charge in [-0.25, -0.2) is 0 Å². The number of nitrogens with one attached hydrogen (secondary N) is 1. The van der Waals surface area contributed by atoms with Crippen molar-refractivity contribution in [1.82, 2.24) is 4.98 Å². The number of anilines is 1. The number of aromatic nitrogens is 1. The van der Waals surface area contributed by atoms with Crippen LogP contribution < -0.4 is 5.73 Å². The Morgan fingerprint density at radius 1 is 1.19 bits per heavy atom. The number of nitrogens with two attached hydrogens (primary N) is 1. The maximum atomic E-state index is 5.56. The third-order valence-corrected chi connectivity index (χ3v) is 1.52. The van der Waals surface area contributed by atoms with Crippen molar-refractivity contribution in [2.75, 3.05) is 5.73 Å². The van der Waals surface area contributed by atoms with Gasteiger partial charge in [0.1, 0.15) is 5.82 Å². The van der Waals surface area contributed by atoms with Crippen molar-refractivity contribution < 1.29 is 0 Å². The van der Waals surface area contributed by atoms with Crippen LogP contribution >= 0.6 is 0 Å². The van der Waals surface area contributed by atoms with Crippen LogP contribution in [0.1, 0.15) is 39.0 Å². The Labute approximate surface area is 99.6 Å². The molecular formula is C14H24N2. The zero-order chi connectivity index (χ0) is 13.0. The Kier molecular flexibility index (Phi) is 11.9.